The number of para-hydroxylation sites is 1. The van der Waals surface area contributed by atoms with E-state index in [0.29, 0.717) is 62.6 Å². The number of ether oxygens (including phenoxy) is 1. The summed E-state index contributed by atoms with van der Waals surface area (Å²) in [5.74, 6) is 0.692. The number of rotatable bonds is 7. The van der Waals surface area contributed by atoms with Crippen molar-refractivity contribution < 1.29 is 14.3 Å². The average Bonchev–Trinajstić information content (AvgIpc) is 3.40. The molecule has 10 nitrogen and oxygen atoms in total. The molecular weight excluding hydrogens is 554 g/mol. The standard InChI is InChI=1S/C31H36ClN7O3/c1-3-27(40)38-16-15-37(19-21(38)11-13-33)29-23-10-12-31(18-28(41)39(31)26-9-5-4-8-24(26)32)17-25(23)34-30(35-29)42-20-22-7-6-14-36(22)2/h3-5,8-9,21-22H,1,6-7,10-12,14-20H2,2H3. The number of nitrogens with zero attached hydrogens (tertiary/aromatic N) is 7. The maximum atomic E-state index is 13.0. The van der Waals surface area contributed by atoms with E-state index in [4.69, 9.17) is 26.3 Å². The molecule has 2 aromatic rings. The van der Waals surface area contributed by atoms with Gasteiger partial charge in [-0.2, -0.15) is 15.2 Å². The Morgan fingerprint density at radius 3 is 2.79 bits per heavy atom. The van der Waals surface area contributed by atoms with Gasteiger partial charge in [0.15, 0.2) is 0 Å². The van der Waals surface area contributed by atoms with Gasteiger partial charge in [-0.3, -0.25) is 9.59 Å². The van der Waals surface area contributed by atoms with Crippen molar-refractivity contribution in [2.45, 2.75) is 62.6 Å². The first-order valence-electron chi connectivity index (χ1n) is 14.7. The normalized spacial score (nSPS) is 25.6. The Morgan fingerprint density at radius 2 is 2.07 bits per heavy atom. The van der Waals surface area contributed by atoms with Gasteiger partial charge in [0.1, 0.15) is 12.4 Å². The van der Waals surface area contributed by atoms with E-state index in [-0.39, 0.29) is 24.3 Å². The van der Waals surface area contributed by atoms with Gasteiger partial charge in [-0.25, -0.2) is 0 Å². The zero-order valence-corrected chi connectivity index (χ0v) is 24.7. The zero-order chi connectivity index (χ0) is 29.4. The number of carbonyl (C=O) groups is 2. The quantitative estimate of drug-likeness (QED) is 0.357. The fourth-order valence-corrected chi connectivity index (χ4v) is 7.27. The third-order valence-electron chi connectivity index (χ3n) is 9.33. The minimum atomic E-state index is -0.401. The van der Waals surface area contributed by atoms with Gasteiger partial charge in [-0.05, 0) is 57.5 Å². The number of hydrogen-bond acceptors (Lipinski definition) is 8. The third kappa shape index (κ3) is 5.09. The summed E-state index contributed by atoms with van der Waals surface area (Å²) in [6.45, 7) is 6.72. The molecule has 42 heavy (non-hydrogen) atoms. The van der Waals surface area contributed by atoms with E-state index in [2.05, 4.69) is 29.5 Å². The smallest absolute Gasteiger partial charge is 0.318 e. The van der Waals surface area contributed by atoms with Crippen LogP contribution in [0.15, 0.2) is 36.9 Å². The highest BCUT2D eigenvalue weighted by atomic mass is 35.5. The van der Waals surface area contributed by atoms with Crippen LogP contribution >= 0.6 is 11.6 Å². The molecule has 3 unspecified atom stereocenters. The van der Waals surface area contributed by atoms with E-state index in [1.165, 1.54) is 6.08 Å². The molecule has 1 spiro atoms. The molecule has 1 aliphatic carbocycles. The number of anilines is 2. The van der Waals surface area contributed by atoms with Crippen molar-refractivity contribution in [3.63, 3.8) is 0 Å². The molecule has 220 valence electrons. The number of nitriles is 1. The summed E-state index contributed by atoms with van der Waals surface area (Å²) < 4.78 is 6.26. The van der Waals surface area contributed by atoms with Gasteiger partial charge in [0.25, 0.3) is 0 Å². The van der Waals surface area contributed by atoms with E-state index in [1.807, 2.05) is 29.2 Å². The number of carbonyl (C=O) groups excluding carboxylic acids is 2. The molecule has 4 heterocycles. The Labute approximate surface area is 251 Å². The van der Waals surface area contributed by atoms with E-state index in [1.54, 1.807) is 4.90 Å². The van der Waals surface area contributed by atoms with Crippen LogP contribution in [-0.4, -0.2) is 89.0 Å². The number of hydrogen-bond donors (Lipinski definition) is 0. The maximum absolute atomic E-state index is 13.0. The number of halogens is 1. The SMILES string of the molecule is C=CC(=O)N1CCN(c2nc(OCC3CCCN3C)nc3c2CCC2(CC(=O)N2c2ccccc2Cl)C3)CC1CC#N. The largest absolute Gasteiger partial charge is 0.462 e. The van der Waals surface area contributed by atoms with Crippen LogP contribution in [0.4, 0.5) is 11.5 Å². The molecule has 1 aromatic carbocycles. The second kappa shape index (κ2) is 11.5. The van der Waals surface area contributed by atoms with Crippen LogP contribution in [0, 0.1) is 11.3 Å². The number of likely N-dealkylation sites (N-methyl/N-ethyl adjacent to an activating group) is 1. The summed E-state index contributed by atoms with van der Waals surface area (Å²) in [6.07, 6.45) is 6.21. The highest BCUT2D eigenvalue weighted by Gasteiger charge is 2.54. The van der Waals surface area contributed by atoms with Gasteiger partial charge in [-0.15, -0.1) is 0 Å². The number of likely N-dealkylation sites (tertiary alicyclic amines) is 1. The lowest BCUT2D eigenvalue weighted by molar-refractivity contribution is -0.129. The zero-order valence-electron chi connectivity index (χ0n) is 24.0. The van der Waals surface area contributed by atoms with Crippen LogP contribution in [0.2, 0.25) is 5.02 Å². The molecule has 3 fully saturated rings. The molecule has 3 atom stereocenters. The monoisotopic (exact) mass is 589 g/mol. The molecule has 0 N–H and O–H groups in total. The highest BCUT2D eigenvalue weighted by Crippen LogP contribution is 2.48. The molecular formula is C31H36ClN7O3. The fraction of sp³-hybridized carbons (Fsp3) is 0.516. The van der Waals surface area contributed by atoms with Crippen molar-refractivity contribution in [1.82, 2.24) is 19.8 Å². The van der Waals surface area contributed by atoms with Crippen LogP contribution < -0.4 is 14.5 Å². The molecule has 3 saturated heterocycles. The second-order valence-electron chi connectivity index (χ2n) is 11.8. The number of piperazine rings is 1. The van der Waals surface area contributed by atoms with Gasteiger partial charge >= 0.3 is 6.01 Å². The predicted molar refractivity (Wildman–Crippen MR) is 160 cm³/mol. The number of amides is 2. The Morgan fingerprint density at radius 1 is 1.24 bits per heavy atom. The van der Waals surface area contributed by atoms with E-state index in [0.717, 1.165) is 48.6 Å². The topological polar surface area (TPSA) is 106 Å². The van der Waals surface area contributed by atoms with Crippen LogP contribution in [0.5, 0.6) is 6.01 Å². The molecule has 4 aliphatic rings. The van der Waals surface area contributed by atoms with Gasteiger partial charge in [0.05, 0.1) is 46.9 Å². The van der Waals surface area contributed by atoms with Gasteiger partial charge < -0.3 is 24.3 Å². The summed E-state index contributed by atoms with van der Waals surface area (Å²) in [7, 11) is 2.11. The van der Waals surface area contributed by atoms with Crippen molar-refractivity contribution in [3.8, 4) is 12.1 Å². The van der Waals surface area contributed by atoms with Crippen molar-refractivity contribution in [3.05, 3.63) is 53.2 Å². The van der Waals surface area contributed by atoms with Crippen LogP contribution in [-0.2, 0) is 22.4 Å². The molecule has 0 bridgehead atoms. The molecule has 0 saturated carbocycles. The number of fused-ring (bicyclic) bond motifs is 1. The second-order valence-corrected chi connectivity index (χ2v) is 12.2. The van der Waals surface area contributed by atoms with Crippen LogP contribution in [0.1, 0.15) is 43.4 Å². The van der Waals surface area contributed by atoms with Crippen molar-refractivity contribution in [1.29, 1.82) is 5.26 Å². The van der Waals surface area contributed by atoms with Crippen molar-refractivity contribution >= 4 is 34.9 Å². The lowest BCUT2D eigenvalue weighted by Gasteiger charge is -2.54. The summed E-state index contributed by atoms with van der Waals surface area (Å²) in [5.41, 5.74) is 2.26. The first-order chi connectivity index (χ1) is 20.3. The summed E-state index contributed by atoms with van der Waals surface area (Å²) in [6, 6.07) is 10.1. The van der Waals surface area contributed by atoms with Crippen molar-refractivity contribution in [2.75, 3.05) is 49.6 Å². The Bertz CT molecular complexity index is 1440. The minimum Gasteiger partial charge on any atom is -0.462 e. The molecule has 3 aliphatic heterocycles. The predicted octanol–water partition coefficient (Wildman–Crippen LogP) is 3.38. The molecule has 0 radical (unpaired) electrons. The molecule has 11 heteroatoms. The highest BCUT2D eigenvalue weighted by molar-refractivity contribution is 6.34. The number of benzene rings is 1. The van der Waals surface area contributed by atoms with Gasteiger partial charge in [-0.1, -0.05) is 30.3 Å². The van der Waals surface area contributed by atoms with Gasteiger partial charge in [0, 0.05) is 37.7 Å². The van der Waals surface area contributed by atoms with E-state index in [9.17, 15) is 14.9 Å². The molecule has 2 amide bonds. The van der Waals surface area contributed by atoms with E-state index >= 15 is 0 Å². The lowest BCUT2D eigenvalue weighted by Crippen LogP contribution is -2.66. The first kappa shape index (κ1) is 28.4. The van der Waals surface area contributed by atoms with Gasteiger partial charge in [0.2, 0.25) is 11.8 Å². The summed E-state index contributed by atoms with van der Waals surface area (Å²) in [4.78, 5) is 43.4. The minimum absolute atomic E-state index is 0.0592. The van der Waals surface area contributed by atoms with E-state index < -0.39 is 5.54 Å². The Kier molecular flexibility index (Phi) is 7.81. The summed E-state index contributed by atoms with van der Waals surface area (Å²) >= 11 is 6.54. The third-order valence-corrected chi connectivity index (χ3v) is 9.65. The fourth-order valence-electron chi connectivity index (χ4n) is 7.05. The molecule has 1 aromatic heterocycles. The van der Waals surface area contributed by atoms with Crippen LogP contribution in [0.25, 0.3) is 0 Å². The first-order valence-corrected chi connectivity index (χ1v) is 15.1. The van der Waals surface area contributed by atoms with Crippen LogP contribution in [0.3, 0.4) is 0 Å². The number of β-lactam (4-membered cyclic amide) rings is 1. The lowest BCUT2D eigenvalue weighted by atomic mass is 9.71. The Hall–Kier alpha value is -3.68. The number of aromatic nitrogens is 2. The average molecular weight is 590 g/mol. The van der Waals surface area contributed by atoms with Crippen molar-refractivity contribution in [2.24, 2.45) is 0 Å². The maximum Gasteiger partial charge on any atom is 0.318 e. The molecule has 6 rings (SSSR count). The summed E-state index contributed by atoms with van der Waals surface area (Å²) in [5, 5.41) is 10.1. The Balaban J connectivity index is 1.33.